The quantitative estimate of drug-likeness (QED) is 0.315. The van der Waals surface area contributed by atoms with Crippen LogP contribution in [0, 0.1) is 0 Å². The first kappa shape index (κ1) is 33.4. The first-order valence-electron chi connectivity index (χ1n) is 14.1. The molecule has 0 aromatic heterocycles. The maximum atomic E-state index is 13.2. The molecular formula is C31H42O12. The lowest BCUT2D eigenvalue weighted by Crippen LogP contribution is -2.66. The van der Waals surface area contributed by atoms with E-state index in [0.717, 1.165) is 11.1 Å². The Bertz CT molecular complexity index is 1090. The lowest BCUT2D eigenvalue weighted by molar-refractivity contribution is -0.363. The van der Waals surface area contributed by atoms with Crippen molar-refractivity contribution in [2.24, 2.45) is 0 Å². The molecule has 2 aliphatic rings. The third-order valence-corrected chi connectivity index (χ3v) is 7.52. The van der Waals surface area contributed by atoms with Gasteiger partial charge in [-0.3, -0.25) is 0 Å². The van der Waals surface area contributed by atoms with E-state index in [1.807, 2.05) is 60.7 Å². The minimum absolute atomic E-state index is 0.0000976. The zero-order valence-corrected chi connectivity index (χ0v) is 25.1. The van der Waals surface area contributed by atoms with Crippen LogP contribution >= 0.6 is 0 Å². The molecule has 0 radical (unpaired) electrons. The molecule has 0 amide bonds. The van der Waals surface area contributed by atoms with E-state index in [0.29, 0.717) is 0 Å². The third-order valence-electron chi connectivity index (χ3n) is 7.52. The summed E-state index contributed by atoms with van der Waals surface area (Å²) in [5.41, 5.74) is 1.73. The van der Waals surface area contributed by atoms with E-state index >= 15 is 0 Å². The Kier molecular flexibility index (Phi) is 12.9. The molecule has 2 aromatic rings. The highest BCUT2D eigenvalue weighted by Gasteiger charge is 2.54. The Hall–Kier alpha value is -2.49. The van der Waals surface area contributed by atoms with E-state index < -0.39 is 67.4 Å². The number of hydrogen-bond acceptors (Lipinski definition) is 12. The zero-order chi connectivity index (χ0) is 30.8. The molecule has 1 N–H and O–H groups in total. The van der Waals surface area contributed by atoms with Gasteiger partial charge in [0.1, 0.15) is 49.3 Å². The van der Waals surface area contributed by atoms with Crippen molar-refractivity contribution in [1.82, 2.24) is 0 Å². The van der Waals surface area contributed by atoms with Crippen LogP contribution in [0.5, 0.6) is 0 Å². The van der Waals surface area contributed by atoms with E-state index in [4.69, 9.17) is 47.4 Å². The van der Waals surface area contributed by atoms with Gasteiger partial charge in [-0.2, -0.15) is 0 Å². The van der Waals surface area contributed by atoms with Crippen LogP contribution in [0.2, 0.25) is 0 Å². The average molecular weight is 607 g/mol. The third kappa shape index (κ3) is 8.17. The molecule has 0 bridgehead atoms. The van der Waals surface area contributed by atoms with Gasteiger partial charge in [0, 0.05) is 35.5 Å². The van der Waals surface area contributed by atoms with Crippen molar-refractivity contribution in [2.75, 3.05) is 42.2 Å². The van der Waals surface area contributed by atoms with Gasteiger partial charge in [0.2, 0.25) is 0 Å². The van der Waals surface area contributed by atoms with Crippen LogP contribution < -0.4 is 0 Å². The fourth-order valence-corrected chi connectivity index (χ4v) is 5.35. The van der Waals surface area contributed by atoms with E-state index in [2.05, 4.69) is 0 Å². The van der Waals surface area contributed by atoms with E-state index in [-0.39, 0.29) is 19.8 Å². The summed E-state index contributed by atoms with van der Waals surface area (Å²) in [6.45, 7) is 0.392. The van der Waals surface area contributed by atoms with Crippen LogP contribution in [0.1, 0.15) is 11.1 Å². The first-order chi connectivity index (χ1) is 20.9. The topological polar surface area (TPSA) is 130 Å². The second kappa shape index (κ2) is 16.5. The lowest BCUT2D eigenvalue weighted by Gasteiger charge is -2.48. The van der Waals surface area contributed by atoms with E-state index in [1.54, 1.807) is 0 Å². The molecule has 238 valence electrons. The summed E-state index contributed by atoms with van der Waals surface area (Å²) >= 11 is 0. The van der Waals surface area contributed by atoms with E-state index in [1.165, 1.54) is 35.5 Å². The number of aliphatic hydroxyl groups is 1. The Balaban J connectivity index is 1.56. The van der Waals surface area contributed by atoms with Gasteiger partial charge in [0.25, 0.3) is 0 Å². The van der Waals surface area contributed by atoms with Gasteiger partial charge in [-0.25, -0.2) is 4.79 Å². The number of carbonyl (C=O) groups excluding carboxylic acids is 1. The van der Waals surface area contributed by atoms with Crippen LogP contribution in [0.15, 0.2) is 60.7 Å². The summed E-state index contributed by atoms with van der Waals surface area (Å²) in [4.78, 5) is 13.2. The number of ether oxygens (including phenoxy) is 10. The van der Waals surface area contributed by atoms with Crippen LogP contribution in [0.25, 0.3) is 0 Å². The maximum absolute atomic E-state index is 13.2. The number of carbonyl (C=O) groups is 1. The number of aliphatic hydroxyl groups excluding tert-OH is 1. The number of esters is 1. The Morgan fingerprint density at radius 2 is 1.30 bits per heavy atom. The van der Waals surface area contributed by atoms with Crippen molar-refractivity contribution >= 4 is 5.97 Å². The van der Waals surface area contributed by atoms with E-state index in [9.17, 15) is 9.90 Å². The summed E-state index contributed by atoms with van der Waals surface area (Å²) in [7, 11) is 7.42. The molecule has 4 rings (SSSR count). The van der Waals surface area contributed by atoms with Gasteiger partial charge < -0.3 is 52.5 Å². The molecule has 12 heteroatoms. The van der Waals surface area contributed by atoms with Crippen LogP contribution in [-0.2, 0) is 65.4 Å². The second-order valence-corrected chi connectivity index (χ2v) is 10.2. The Morgan fingerprint density at radius 1 is 0.698 bits per heavy atom. The SMILES string of the molecule is COCC1O[C@H](OC)C(OCc2ccccc2)[C@@H](OC)[C@@H]1O[C@H]1O[C@@H](C(=O)OCc2ccccc2)[C@@H](O)C(OC)C1OC. The molecule has 12 nitrogen and oxygen atoms in total. The van der Waals surface area contributed by atoms with Crippen LogP contribution in [-0.4, -0.2) is 115 Å². The van der Waals surface area contributed by atoms with Crippen molar-refractivity contribution in [2.45, 2.75) is 74.6 Å². The van der Waals surface area contributed by atoms with Gasteiger partial charge in [0.05, 0.1) is 13.2 Å². The monoisotopic (exact) mass is 606 g/mol. The number of methoxy groups -OCH3 is 5. The first-order valence-corrected chi connectivity index (χ1v) is 14.1. The lowest BCUT2D eigenvalue weighted by atomic mass is 9.96. The zero-order valence-electron chi connectivity index (χ0n) is 25.1. The number of rotatable bonds is 14. The van der Waals surface area contributed by atoms with Gasteiger partial charge in [-0.15, -0.1) is 0 Å². The summed E-state index contributed by atoms with van der Waals surface area (Å²) in [5.74, 6) is -0.776. The smallest absolute Gasteiger partial charge is 0.338 e. The molecule has 2 heterocycles. The number of hydrogen-bond donors (Lipinski definition) is 1. The molecule has 2 fully saturated rings. The van der Waals surface area contributed by atoms with Crippen molar-refractivity contribution in [3.05, 3.63) is 71.8 Å². The van der Waals surface area contributed by atoms with Crippen molar-refractivity contribution in [1.29, 1.82) is 0 Å². The molecule has 0 aliphatic carbocycles. The highest BCUT2D eigenvalue weighted by atomic mass is 16.8. The normalized spacial score (nSPS) is 32.8. The summed E-state index contributed by atoms with van der Waals surface area (Å²) in [6.07, 6.45) is -9.69. The molecular weight excluding hydrogens is 564 g/mol. The summed E-state index contributed by atoms with van der Waals surface area (Å²) < 4.78 is 58.7. The summed E-state index contributed by atoms with van der Waals surface area (Å²) in [6, 6.07) is 18.8. The van der Waals surface area contributed by atoms with Gasteiger partial charge >= 0.3 is 5.97 Å². The fraction of sp³-hybridized carbons (Fsp3) is 0.581. The highest BCUT2D eigenvalue weighted by Crippen LogP contribution is 2.34. The van der Waals surface area contributed by atoms with Crippen LogP contribution in [0.3, 0.4) is 0 Å². The van der Waals surface area contributed by atoms with Crippen LogP contribution in [0.4, 0.5) is 0 Å². The largest absolute Gasteiger partial charge is 0.459 e. The summed E-state index contributed by atoms with van der Waals surface area (Å²) in [5, 5.41) is 11.1. The minimum atomic E-state index is -1.42. The Morgan fingerprint density at radius 3 is 1.86 bits per heavy atom. The maximum Gasteiger partial charge on any atom is 0.338 e. The molecule has 10 atom stereocenters. The second-order valence-electron chi connectivity index (χ2n) is 10.2. The van der Waals surface area contributed by atoms with Gasteiger partial charge in [-0.05, 0) is 11.1 Å². The number of benzene rings is 2. The Labute approximate surface area is 252 Å². The van der Waals surface area contributed by atoms with Gasteiger partial charge in [0.15, 0.2) is 18.7 Å². The average Bonchev–Trinajstić information content (AvgIpc) is 3.04. The minimum Gasteiger partial charge on any atom is -0.459 e. The standard InChI is InChI=1S/C31H42O12/c1-34-18-21-23(26(36-3)28(30(38-5)41-21)39-16-19-12-8-6-9-13-19)42-31-27(37-4)24(35-2)22(32)25(43-31)29(33)40-17-20-14-10-7-11-15-20/h6-15,21-28,30-32H,16-18H2,1-5H3/t21?,22-,23+,24?,25+,26-,27?,28?,30-,31-/m0/s1. The van der Waals surface area contributed by atoms with Crippen molar-refractivity contribution in [3.8, 4) is 0 Å². The predicted octanol–water partition coefficient (Wildman–Crippen LogP) is 1.85. The highest BCUT2D eigenvalue weighted by molar-refractivity contribution is 5.75. The molecule has 4 unspecified atom stereocenters. The molecule has 2 aliphatic heterocycles. The molecule has 2 saturated heterocycles. The molecule has 0 saturated carbocycles. The van der Waals surface area contributed by atoms with Gasteiger partial charge in [-0.1, -0.05) is 60.7 Å². The molecule has 0 spiro atoms. The fourth-order valence-electron chi connectivity index (χ4n) is 5.35. The van der Waals surface area contributed by atoms with Crippen molar-refractivity contribution < 1.29 is 57.3 Å². The predicted molar refractivity (Wildman–Crippen MR) is 151 cm³/mol. The molecule has 2 aromatic carbocycles. The molecule has 43 heavy (non-hydrogen) atoms. The van der Waals surface area contributed by atoms with Crippen molar-refractivity contribution in [3.63, 3.8) is 0 Å².